The van der Waals surface area contributed by atoms with E-state index in [2.05, 4.69) is 6.58 Å². The molecule has 106 valence electrons. The van der Waals surface area contributed by atoms with Gasteiger partial charge in [-0.25, -0.2) is 12.8 Å². The second-order valence-corrected chi connectivity index (χ2v) is 6.24. The summed E-state index contributed by atoms with van der Waals surface area (Å²) in [5.41, 5.74) is 0.330. The summed E-state index contributed by atoms with van der Waals surface area (Å²) in [6, 6.07) is 3.29. The van der Waals surface area contributed by atoms with Crippen LogP contribution < -0.4 is 0 Å². The largest absolute Gasteiger partial charge is 0.392 e. The Morgan fingerprint density at radius 2 is 2.11 bits per heavy atom. The minimum atomic E-state index is -3.91. The summed E-state index contributed by atoms with van der Waals surface area (Å²) in [7, 11) is -3.91. The molecule has 1 aromatic carbocycles. The van der Waals surface area contributed by atoms with Crippen LogP contribution in [0.5, 0.6) is 0 Å². The minimum Gasteiger partial charge on any atom is -0.392 e. The van der Waals surface area contributed by atoms with Crippen LogP contribution in [0.1, 0.15) is 19.4 Å². The molecular formula is C13H18FNO3S. The SMILES string of the molecule is C=CCN(C(C)C)S(=O)(=O)c1ccc(CO)cc1F. The Morgan fingerprint density at radius 1 is 1.47 bits per heavy atom. The van der Waals surface area contributed by atoms with E-state index < -0.39 is 15.8 Å². The number of aliphatic hydroxyl groups is 1. The average Bonchev–Trinajstić information content (AvgIpc) is 2.34. The van der Waals surface area contributed by atoms with Crippen molar-refractivity contribution in [2.24, 2.45) is 0 Å². The molecule has 0 spiro atoms. The highest BCUT2D eigenvalue weighted by Gasteiger charge is 2.28. The van der Waals surface area contributed by atoms with Crippen molar-refractivity contribution in [1.82, 2.24) is 4.31 Å². The third kappa shape index (κ3) is 3.40. The van der Waals surface area contributed by atoms with E-state index in [1.165, 1.54) is 18.2 Å². The molecular weight excluding hydrogens is 269 g/mol. The predicted molar refractivity (Wildman–Crippen MR) is 71.5 cm³/mol. The highest BCUT2D eigenvalue weighted by atomic mass is 32.2. The Balaban J connectivity index is 3.29. The second-order valence-electron chi connectivity index (χ2n) is 4.38. The monoisotopic (exact) mass is 287 g/mol. The Kier molecular flexibility index (Phi) is 5.22. The lowest BCUT2D eigenvalue weighted by molar-refractivity contribution is 0.281. The summed E-state index contributed by atoms with van der Waals surface area (Å²) in [5.74, 6) is -0.860. The topological polar surface area (TPSA) is 57.6 Å². The lowest BCUT2D eigenvalue weighted by atomic mass is 10.2. The first-order valence-corrected chi connectivity index (χ1v) is 7.30. The van der Waals surface area contributed by atoms with Crippen molar-refractivity contribution in [3.63, 3.8) is 0 Å². The number of nitrogens with zero attached hydrogens (tertiary/aromatic N) is 1. The summed E-state index contributed by atoms with van der Waals surface area (Å²) in [6.45, 7) is 6.70. The quantitative estimate of drug-likeness (QED) is 0.813. The van der Waals surface area contributed by atoms with Crippen LogP contribution in [0, 0.1) is 5.82 Å². The van der Waals surface area contributed by atoms with Crippen LogP contribution in [0.15, 0.2) is 35.7 Å². The van der Waals surface area contributed by atoms with Crippen molar-refractivity contribution in [2.75, 3.05) is 6.54 Å². The first-order valence-electron chi connectivity index (χ1n) is 5.86. The lowest BCUT2D eigenvalue weighted by Gasteiger charge is -2.24. The van der Waals surface area contributed by atoms with Gasteiger partial charge < -0.3 is 5.11 Å². The van der Waals surface area contributed by atoms with Gasteiger partial charge in [0.2, 0.25) is 10.0 Å². The van der Waals surface area contributed by atoms with Gasteiger partial charge in [-0.2, -0.15) is 4.31 Å². The number of hydrogen-bond acceptors (Lipinski definition) is 3. The molecule has 0 aliphatic carbocycles. The zero-order valence-electron chi connectivity index (χ0n) is 11.0. The van der Waals surface area contributed by atoms with E-state index in [1.807, 2.05) is 0 Å². The smallest absolute Gasteiger partial charge is 0.246 e. The van der Waals surface area contributed by atoms with Gasteiger partial charge >= 0.3 is 0 Å². The molecule has 0 aliphatic rings. The van der Waals surface area contributed by atoms with E-state index in [1.54, 1.807) is 13.8 Å². The summed E-state index contributed by atoms with van der Waals surface area (Å²) in [5, 5.41) is 8.90. The molecule has 0 amide bonds. The third-order valence-corrected chi connectivity index (χ3v) is 4.73. The van der Waals surface area contributed by atoms with Gasteiger partial charge in [0.15, 0.2) is 0 Å². The number of sulfonamides is 1. The van der Waals surface area contributed by atoms with Gasteiger partial charge in [-0.05, 0) is 31.5 Å². The molecule has 1 N–H and O–H groups in total. The van der Waals surface area contributed by atoms with Crippen molar-refractivity contribution in [3.8, 4) is 0 Å². The Morgan fingerprint density at radius 3 is 2.53 bits per heavy atom. The van der Waals surface area contributed by atoms with E-state index in [0.717, 1.165) is 10.4 Å². The highest BCUT2D eigenvalue weighted by molar-refractivity contribution is 7.89. The molecule has 0 radical (unpaired) electrons. The zero-order chi connectivity index (χ0) is 14.6. The number of aliphatic hydroxyl groups excluding tert-OH is 1. The van der Waals surface area contributed by atoms with Gasteiger partial charge in [-0.3, -0.25) is 0 Å². The number of halogens is 1. The lowest BCUT2D eigenvalue weighted by Crippen LogP contribution is -2.37. The van der Waals surface area contributed by atoms with Crippen molar-refractivity contribution in [3.05, 3.63) is 42.2 Å². The van der Waals surface area contributed by atoms with Crippen LogP contribution in [0.3, 0.4) is 0 Å². The van der Waals surface area contributed by atoms with Gasteiger partial charge in [-0.1, -0.05) is 12.1 Å². The first kappa shape index (κ1) is 15.8. The summed E-state index contributed by atoms with van der Waals surface area (Å²) in [4.78, 5) is -0.389. The van der Waals surface area contributed by atoms with Crippen molar-refractivity contribution in [1.29, 1.82) is 0 Å². The molecule has 1 aromatic rings. The molecule has 0 saturated carbocycles. The van der Waals surface area contributed by atoms with Gasteiger partial charge in [0, 0.05) is 12.6 Å². The van der Waals surface area contributed by atoms with Crippen LogP contribution in [0.25, 0.3) is 0 Å². The molecule has 0 saturated heterocycles. The summed E-state index contributed by atoms with van der Waals surface area (Å²) in [6.07, 6.45) is 1.46. The molecule has 0 aromatic heterocycles. The fraction of sp³-hybridized carbons (Fsp3) is 0.385. The van der Waals surface area contributed by atoms with Crippen molar-refractivity contribution >= 4 is 10.0 Å². The summed E-state index contributed by atoms with van der Waals surface area (Å²) < 4.78 is 39.7. The molecule has 0 bridgehead atoms. The molecule has 6 heteroatoms. The second kappa shape index (κ2) is 6.27. The zero-order valence-corrected chi connectivity index (χ0v) is 11.8. The van der Waals surface area contributed by atoms with Crippen LogP contribution >= 0.6 is 0 Å². The van der Waals surface area contributed by atoms with Crippen LogP contribution in [-0.2, 0) is 16.6 Å². The number of hydrogen-bond donors (Lipinski definition) is 1. The Bertz CT molecular complexity index is 555. The molecule has 0 aliphatic heterocycles. The van der Waals surface area contributed by atoms with Crippen molar-refractivity contribution < 1.29 is 17.9 Å². The van der Waals surface area contributed by atoms with Crippen molar-refractivity contribution in [2.45, 2.75) is 31.4 Å². The first-order chi connectivity index (χ1) is 8.84. The molecule has 4 nitrogen and oxygen atoms in total. The number of benzene rings is 1. The standard InChI is InChI=1S/C13H18FNO3S/c1-4-7-15(10(2)3)19(17,18)13-6-5-11(9-16)8-12(13)14/h4-6,8,10,16H,1,7,9H2,2-3H3. The Hall–Kier alpha value is -1.24. The maximum absolute atomic E-state index is 13.9. The Labute approximate surface area is 113 Å². The van der Waals surface area contributed by atoms with Crippen LogP contribution in [0.2, 0.25) is 0 Å². The predicted octanol–water partition coefficient (Wildman–Crippen LogP) is 1.90. The minimum absolute atomic E-state index is 0.112. The van der Waals surface area contributed by atoms with Crippen LogP contribution in [-0.4, -0.2) is 30.4 Å². The third-order valence-electron chi connectivity index (χ3n) is 2.65. The van der Waals surface area contributed by atoms with E-state index in [0.29, 0.717) is 5.56 Å². The van der Waals surface area contributed by atoms with Gasteiger partial charge in [0.1, 0.15) is 10.7 Å². The molecule has 0 atom stereocenters. The maximum Gasteiger partial charge on any atom is 0.246 e. The van der Waals surface area contributed by atoms with Gasteiger partial charge in [0.25, 0.3) is 0 Å². The average molecular weight is 287 g/mol. The fourth-order valence-corrected chi connectivity index (χ4v) is 3.35. The van der Waals surface area contributed by atoms with Crippen LogP contribution in [0.4, 0.5) is 4.39 Å². The fourth-order valence-electron chi connectivity index (χ4n) is 1.69. The normalized spacial score (nSPS) is 12.1. The molecule has 1 rings (SSSR count). The van der Waals surface area contributed by atoms with Gasteiger partial charge in [0.05, 0.1) is 6.61 Å². The van der Waals surface area contributed by atoms with E-state index in [9.17, 15) is 12.8 Å². The van der Waals surface area contributed by atoms with E-state index in [4.69, 9.17) is 5.11 Å². The number of rotatable bonds is 6. The molecule has 0 unspecified atom stereocenters. The molecule has 19 heavy (non-hydrogen) atoms. The summed E-state index contributed by atoms with van der Waals surface area (Å²) >= 11 is 0. The van der Waals surface area contributed by atoms with Gasteiger partial charge in [-0.15, -0.1) is 6.58 Å². The molecule has 0 fully saturated rings. The van der Waals surface area contributed by atoms with E-state index in [-0.39, 0.29) is 24.1 Å². The van der Waals surface area contributed by atoms with E-state index >= 15 is 0 Å². The maximum atomic E-state index is 13.9. The highest BCUT2D eigenvalue weighted by Crippen LogP contribution is 2.22. The molecule has 0 heterocycles.